The zero-order chi connectivity index (χ0) is 13.7. The number of ether oxygens (including phenoxy) is 1. The van der Waals surface area contributed by atoms with Gasteiger partial charge < -0.3 is 20.1 Å². The predicted octanol–water partition coefficient (Wildman–Crippen LogP) is 0.834. The third kappa shape index (κ3) is 3.56. The van der Waals surface area contributed by atoms with Crippen LogP contribution < -0.4 is 5.32 Å². The van der Waals surface area contributed by atoms with Crippen molar-refractivity contribution in [2.75, 3.05) is 20.3 Å². The van der Waals surface area contributed by atoms with Crippen molar-refractivity contribution in [3.05, 3.63) is 36.0 Å². The highest BCUT2D eigenvalue weighted by Crippen LogP contribution is 2.17. The molecule has 3 N–H and O–H groups in total. The molecule has 2 aromatic rings. The van der Waals surface area contributed by atoms with E-state index in [0.29, 0.717) is 6.42 Å². The van der Waals surface area contributed by atoms with Crippen molar-refractivity contribution in [2.45, 2.75) is 12.5 Å². The molecule has 1 heterocycles. The van der Waals surface area contributed by atoms with E-state index in [4.69, 9.17) is 4.74 Å². The Labute approximate surface area is 111 Å². The second-order valence-electron chi connectivity index (χ2n) is 4.45. The van der Waals surface area contributed by atoms with E-state index in [-0.39, 0.29) is 19.1 Å². The Hall–Kier alpha value is -1.85. The Kier molecular flexibility index (Phi) is 4.54. The molecule has 1 aromatic carbocycles. The van der Waals surface area contributed by atoms with Crippen LogP contribution in [0.2, 0.25) is 0 Å². The number of hydrogen-bond donors (Lipinski definition) is 3. The maximum Gasteiger partial charge on any atom is 0.224 e. The molecule has 0 aliphatic rings. The number of carbonyl (C=O) groups is 1. The maximum atomic E-state index is 11.8. The first-order valence-corrected chi connectivity index (χ1v) is 6.19. The third-order valence-electron chi connectivity index (χ3n) is 2.92. The van der Waals surface area contributed by atoms with Crippen molar-refractivity contribution in [1.29, 1.82) is 0 Å². The van der Waals surface area contributed by atoms with Crippen molar-refractivity contribution >= 4 is 16.8 Å². The van der Waals surface area contributed by atoms with Gasteiger partial charge in [0, 0.05) is 30.8 Å². The van der Waals surface area contributed by atoms with Crippen LogP contribution in [0, 0.1) is 0 Å². The van der Waals surface area contributed by atoms with Gasteiger partial charge in [-0.1, -0.05) is 18.2 Å². The van der Waals surface area contributed by atoms with E-state index in [2.05, 4.69) is 10.3 Å². The van der Waals surface area contributed by atoms with Crippen molar-refractivity contribution in [2.24, 2.45) is 0 Å². The normalized spacial score (nSPS) is 12.5. The van der Waals surface area contributed by atoms with E-state index in [0.717, 1.165) is 16.5 Å². The number of aromatic amines is 1. The van der Waals surface area contributed by atoms with Crippen LogP contribution in [0.1, 0.15) is 5.56 Å². The zero-order valence-corrected chi connectivity index (χ0v) is 10.8. The summed E-state index contributed by atoms with van der Waals surface area (Å²) < 4.78 is 4.79. The Morgan fingerprint density at radius 1 is 1.47 bits per heavy atom. The van der Waals surface area contributed by atoms with E-state index < -0.39 is 6.10 Å². The minimum Gasteiger partial charge on any atom is -0.389 e. The van der Waals surface area contributed by atoms with Crippen molar-refractivity contribution in [3.63, 3.8) is 0 Å². The lowest BCUT2D eigenvalue weighted by Crippen LogP contribution is -2.35. The van der Waals surface area contributed by atoms with Gasteiger partial charge in [-0.05, 0) is 11.6 Å². The van der Waals surface area contributed by atoms with Gasteiger partial charge in [0.2, 0.25) is 5.91 Å². The van der Waals surface area contributed by atoms with Crippen LogP contribution in [-0.4, -0.2) is 42.4 Å². The molecule has 1 atom stereocenters. The van der Waals surface area contributed by atoms with E-state index in [1.165, 1.54) is 7.11 Å². The van der Waals surface area contributed by atoms with Gasteiger partial charge in [0.15, 0.2) is 0 Å². The van der Waals surface area contributed by atoms with Gasteiger partial charge in [0.25, 0.3) is 0 Å². The molecule has 1 amide bonds. The number of amides is 1. The molecule has 5 heteroatoms. The summed E-state index contributed by atoms with van der Waals surface area (Å²) in [4.78, 5) is 14.9. The van der Waals surface area contributed by atoms with Crippen LogP contribution in [0.15, 0.2) is 30.5 Å². The molecule has 5 nitrogen and oxygen atoms in total. The maximum absolute atomic E-state index is 11.8. The van der Waals surface area contributed by atoms with Crippen LogP contribution >= 0.6 is 0 Å². The summed E-state index contributed by atoms with van der Waals surface area (Å²) in [5.74, 6) is -0.111. The molecule has 102 valence electrons. The molecular weight excluding hydrogens is 244 g/mol. The highest BCUT2D eigenvalue weighted by atomic mass is 16.5. The average molecular weight is 262 g/mol. The summed E-state index contributed by atoms with van der Waals surface area (Å²) in [5.41, 5.74) is 1.97. The molecular formula is C14H18N2O3. The van der Waals surface area contributed by atoms with Crippen LogP contribution in [0.25, 0.3) is 10.9 Å². The number of rotatable bonds is 6. The van der Waals surface area contributed by atoms with Crippen LogP contribution in [0.3, 0.4) is 0 Å². The summed E-state index contributed by atoms with van der Waals surface area (Å²) in [7, 11) is 1.51. The number of benzene rings is 1. The Bertz CT molecular complexity index is 550. The molecule has 0 aliphatic carbocycles. The minimum absolute atomic E-state index is 0.111. The van der Waals surface area contributed by atoms with E-state index in [1.54, 1.807) is 0 Å². The third-order valence-corrected chi connectivity index (χ3v) is 2.92. The van der Waals surface area contributed by atoms with Gasteiger partial charge in [-0.3, -0.25) is 4.79 Å². The topological polar surface area (TPSA) is 74.3 Å². The lowest BCUT2D eigenvalue weighted by atomic mass is 10.1. The fourth-order valence-electron chi connectivity index (χ4n) is 2.00. The van der Waals surface area contributed by atoms with E-state index in [1.807, 2.05) is 30.5 Å². The van der Waals surface area contributed by atoms with Crippen LogP contribution in [0.4, 0.5) is 0 Å². The molecule has 0 spiro atoms. The Balaban J connectivity index is 1.92. The number of nitrogens with one attached hydrogen (secondary N) is 2. The lowest BCUT2D eigenvalue weighted by molar-refractivity contribution is -0.121. The van der Waals surface area contributed by atoms with Crippen LogP contribution in [0.5, 0.6) is 0 Å². The van der Waals surface area contributed by atoms with Gasteiger partial charge in [-0.15, -0.1) is 0 Å². The summed E-state index contributed by atoms with van der Waals surface area (Å²) in [5, 5.41) is 13.2. The van der Waals surface area contributed by atoms with Crippen molar-refractivity contribution in [1.82, 2.24) is 10.3 Å². The van der Waals surface area contributed by atoms with E-state index >= 15 is 0 Å². The molecule has 0 saturated heterocycles. The smallest absolute Gasteiger partial charge is 0.224 e. The SMILES string of the molecule is COCC(O)CNC(=O)Cc1c[nH]c2ccccc12. The first-order valence-electron chi connectivity index (χ1n) is 6.19. The van der Waals surface area contributed by atoms with Gasteiger partial charge in [-0.25, -0.2) is 0 Å². The molecule has 0 radical (unpaired) electrons. The number of hydrogen-bond acceptors (Lipinski definition) is 3. The number of aromatic nitrogens is 1. The summed E-state index contributed by atoms with van der Waals surface area (Å²) >= 11 is 0. The average Bonchev–Trinajstić information content (AvgIpc) is 2.80. The first kappa shape index (κ1) is 13.6. The molecule has 19 heavy (non-hydrogen) atoms. The summed E-state index contributed by atoms with van der Waals surface area (Å²) in [6.45, 7) is 0.419. The number of carbonyl (C=O) groups excluding carboxylic acids is 1. The second kappa shape index (κ2) is 6.36. The highest BCUT2D eigenvalue weighted by molar-refractivity contribution is 5.88. The standard InChI is InChI=1S/C14H18N2O3/c1-19-9-11(17)8-16-14(18)6-10-7-15-13-5-3-2-4-12(10)13/h2-5,7,11,15,17H,6,8-9H2,1H3,(H,16,18). The zero-order valence-electron chi connectivity index (χ0n) is 10.8. The number of fused-ring (bicyclic) bond motifs is 1. The molecule has 1 unspecified atom stereocenters. The minimum atomic E-state index is -0.670. The van der Waals surface area contributed by atoms with Crippen LogP contribution in [-0.2, 0) is 16.0 Å². The van der Waals surface area contributed by atoms with Gasteiger partial charge in [0.05, 0.1) is 19.1 Å². The van der Waals surface area contributed by atoms with Crippen molar-refractivity contribution in [3.8, 4) is 0 Å². The predicted molar refractivity (Wildman–Crippen MR) is 72.9 cm³/mol. The lowest BCUT2D eigenvalue weighted by Gasteiger charge is -2.10. The van der Waals surface area contributed by atoms with Gasteiger partial charge in [0.1, 0.15) is 0 Å². The summed E-state index contributed by atoms with van der Waals surface area (Å²) in [6.07, 6.45) is 1.47. The first-order chi connectivity index (χ1) is 9.20. The quantitative estimate of drug-likeness (QED) is 0.722. The highest BCUT2D eigenvalue weighted by Gasteiger charge is 2.10. The monoisotopic (exact) mass is 262 g/mol. The largest absolute Gasteiger partial charge is 0.389 e. The molecule has 0 fully saturated rings. The molecule has 0 aliphatic heterocycles. The number of aliphatic hydroxyl groups excluding tert-OH is 1. The number of para-hydroxylation sites is 1. The van der Waals surface area contributed by atoms with E-state index in [9.17, 15) is 9.90 Å². The molecule has 0 bridgehead atoms. The Morgan fingerprint density at radius 2 is 2.26 bits per heavy atom. The molecule has 1 aromatic heterocycles. The fraction of sp³-hybridized carbons (Fsp3) is 0.357. The number of aliphatic hydroxyl groups is 1. The molecule has 2 rings (SSSR count). The number of H-pyrrole nitrogens is 1. The molecule has 0 saturated carbocycles. The Morgan fingerprint density at radius 3 is 3.05 bits per heavy atom. The fourth-order valence-corrected chi connectivity index (χ4v) is 2.00. The second-order valence-corrected chi connectivity index (χ2v) is 4.45. The van der Waals surface area contributed by atoms with Gasteiger partial charge >= 0.3 is 0 Å². The summed E-state index contributed by atoms with van der Waals surface area (Å²) in [6, 6.07) is 7.84. The van der Waals surface area contributed by atoms with Crippen molar-refractivity contribution < 1.29 is 14.6 Å². The number of methoxy groups -OCH3 is 1. The van der Waals surface area contributed by atoms with Gasteiger partial charge in [-0.2, -0.15) is 0 Å².